The van der Waals surface area contributed by atoms with E-state index in [1.54, 1.807) is 0 Å². The van der Waals surface area contributed by atoms with Gasteiger partial charge >= 0.3 is 0 Å². The van der Waals surface area contributed by atoms with E-state index in [1.165, 1.54) is 5.01 Å². The standard InChI is InChI=1S/C14H21N5O/c1-8(2)12-11(5-6-15)13(20)19(18-12)14-16-9(3)7-10(4)17-14/h7-8,11H,5-6,15H2,1-4H3. The second-order valence-corrected chi connectivity index (χ2v) is 5.41. The Morgan fingerprint density at radius 3 is 2.40 bits per heavy atom. The third-order valence-corrected chi connectivity index (χ3v) is 3.29. The van der Waals surface area contributed by atoms with E-state index in [0.29, 0.717) is 18.9 Å². The Morgan fingerprint density at radius 2 is 1.90 bits per heavy atom. The molecule has 0 bridgehead atoms. The van der Waals surface area contributed by atoms with Crippen molar-refractivity contribution in [3.8, 4) is 0 Å². The second-order valence-electron chi connectivity index (χ2n) is 5.41. The number of aromatic nitrogens is 2. The minimum atomic E-state index is -0.246. The molecule has 1 aromatic rings. The summed E-state index contributed by atoms with van der Waals surface area (Å²) in [5.74, 6) is 0.227. The van der Waals surface area contributed by atoms with Crippen LogP contribution >= 0.6 is 0 Å². The largest absolute Gasteiger partial charge is 0.330 e. The lowest BCUT2D eigenvalue weighted by atomic mass is 9.92. The van der Waals surface area contributed by atoms with Gasteiger partial charge in [0.15, 0.2) is 0 Å². The highest BCUT2D eigenvalue weighted by molar-refractivity contribution is 6.15. The zero-order valence-electron chi connectivity index (χ0n) is 12.4. The number of hydrogen-bond acceptors (Lipinski definition) is 5. The van der Waals surface area contributed by atoms with E-state index >= 15 is 0 Å². The molecule has 1 aliphatic rings. The molecule has 2 rings (SSSR count). The van der Waals surface area contributed by atoms with Gasteiger partial charge in [-0.15, -0.1) is 0 Å². The number of aryl methyl sites for hydroxylation is 2. The number of nitrogens with zero attached hydrogens (tertiary/aromatic N) is 4. The molecule has 0 radical (unpaired) electrons. The van der Waals surface area contributed by atoms with Gasteiger partial charge in [-0.2, -0.15) is 10.1 Å². The van der Waals surface area contributed by atoms with Crippen molar-refractivity contribution in [2.24, 2.45) is 22.7 Å². The van der Waals surface area contributed by atoms with Crippen molar-refractivity contribution in [2.45, 2.75) is 34.1 Å². The smallest absolute Gasteiger partial charge is 0.259 e. The average molecular weight is 275 g/mol. The third kappa shape index (κ3) is 2.70. The molecule has 1 unspecified atom stereocenters. The summed E-state index contributed by atoms with van der Waals surface area (Å²) >= 11 is 0. The van der Waals surface area contributed by atoms with Crippen molar-refractivity contribution in [3.63, 3.8) is 0 Å². The van der Waals surface area contributed by atoms with Crippen LogP contribution in [0.1, 0.15) is 31.7 Å². The molecular formula is C14H21N5O. The molecule has 0 aliphatic carbocycles. The Kier molecular flexibility index (Phi) is 4.13. The van der Waals surface area contributed by atoms with E-state index < -0.39 is 0 Å². The highest BCUT2D eigenvalue weighted by atomic mass is 16.2. The van der Waals surface area contributed by atoms with E-state index in [9.17, 15) is 4.79 Å². The number of rotatable bonds is 4. The van der Waals surface area contributed by atoms with Crippen molar-refractivity contribution >= 4 is 17.6 Å². The molecule has 0 fully saturated rings. The summed E-state index contributed by atoms with van der Waals surface area (Å²) in [5, 5.41) is 5.77. The van der Waals surface area contributed by atoms with Crippen LogP contribution in [0.5, 0.6) is 0 Å². The van der Waals surface area contributed by atoms with Crippen LogP contribution in [0.3, 0.4) is 0 Å². The van der Waals surface area contributed by atoms with E-state index in [2.05, 4.69) is 15.1 Å². The van der Waals surface area contributed by atoms with Crippen LogP contribution in [0, 0.1) is 25.7 Å². The molecule has 1 atom stereocenters. The molecule has 20 heavy (non-hydrogen) atoms. The van der Waals surface area contributed by atoms with Gasteiger partial charge < -0.3 is 5.73 Å². The maximum atomic E-state index is 12.5. The summed E-state index contributed by atoms with van der Waals surface area (Å²) in [4.78, 5) is 21.1. The number of carbonyl (C=O) groups is 1. The normalized spacial score (nSPS) is 18.9. The Labute approximate surface area is 119 Å². The molecule has 1 aliphatic heterocycles. The summed E-state index contributed by atoms with van der Waals surface area (Å²) in [5.41, 5.74) is 8.12. The maximum absolute atomic E-state index is 12.5. The van der Waals surface area contributed by atoms with Crippen LogP contribution in [-0.2, 0) is 4.79 Å². The molecule has 108 valence electrons. The predicted octanol–water partition coefficient (Wildman–Crippen LogP) is 1.42. The minimum Gasteiger partial charge on any atom is -0.330 e. The lowest BCUT2D eigenvalue weighted by molar-refractivity contribution is -0.120. The van der Waals surface area contributed by atoms with Crippen LogP contribution in [0.4, 0.5) is 5.95 Å². The monoisotopic (exact) mass is 275 g/mol. The van der Waals surface area contributed by atoms with Gasteiger partial charge in [-0.1, -0.05) is 13.8 Å². The fraction of sp³-hybridized carbons (Fsp3) is 0.571. The summed E-state index contributed by atoms with van der Waals surface area (Å²) in [6.45, 7) is 8.28. The van der Waals surface area contributed by atoms with Crippen molar-refractivity contribution in [1.82, 2.24) is 9.97 Å². The lowest BCUT2D eigenvalue weighted by Gasteiger charge is -2.13. The first-order valence-corrected chi connectivity index (χ1v) is 6.88. The van der Waals surface area contributed by atoms with Gasteiger partial charge in [0.25, 0.3) is 11.9 Å². The molecule has 0 aromatic carbocycles. The molecule has 0 spiro atoms. The van der Waals surface area contributed by atoms with Gasteiger partial charge in [0.2, 0.25) is 0 Å². The van der Waals surface area contributed by atoms with Crippen molar-refractivity contribution in [1.29, 1.82) is 0 Å². The number of carbonyl (C=O) groups excluding carboxylic acids is 1. The molecule has 0 saturated carbocycles. The van der Waals surface area contributed by atoms with Crippen LogP contribution < -0.4 is 10.7 Å². The Balaban J connectivity index is 2.39. The van der Waals surface area contributed by atoms with Gasteiger partial charge in [-0.05, 0) is 38.8 Å². The van der Waals surface area contributed by atoms with Crippen LogP contribution in [0.15, 0.2) is 11.2 Å². The van der Waals surface area contributed by atoms with E-state index in [0.717, 1.165) is 17.1 Å². The molecule has 6 nitrogen and oxygen atoms in total. The number of hydrazone groups is 1. The zero-order valence-corrected chi connectivity index (χ0v) is 12.4. The van der Waals surface area contributed by atoms with Crippen molar-refractivity contribution < 1.29 is 4.79 Å². The minimum absolute atomic E-state index is 0.0795. The lowest BCUT2D eigenvalue weighted by Crippen LogP contribution is -2.31. The maximum Gasteiger partial charge on any atom is 0.259 e. The third-order valence-electron chi connectivity index (χ3n) is 3.29. The van der Waals surface area contributed by atoms with E-state index in [1.807, 2.05) is 33.8 Å². The Hall–Kier alpha value is -1.82. The molecule has 2 heterocycles. The molecule has 6 heteroatoms. The summed E-state index contributed by atoms with van der Waals surface area (Å²) in [7, 11) is 0. The van der Waals surface area contributed by atoms with Gasteiger partial charge in [-0.3, -0.25) is 4.79 Å². The first-order chi connectivity index (χ1) is 9.43. The second kappa shape index (κ2) is 5.66. The van der Waals surface area contributed by atoms with Crippen LogP contribution in [-0.4, -0.2) is 28.1 Å². The Morgan fingerprint density at radius 1 is 1.30 bits per heavy atom. The summed E-state index contributed by atoms with van der Waals surface area (Å²) in [6, 6.07) is 1.87. The predicted molar refractivity (Wildman–Crippen MR) is 78.4 cm³/mol. The molecule has 0 saturated heterocycles. The first-order valence-electron chi connectivity index (χ1n) is 6.88. The molecule has 2 N–H and O–H groups in total. The first kappa shape index (κ1) is 14.6. The quantitative estimate of drug-likeness (QED) is 0.900. The van der Waals surface area contributed by atoms with Gasteiger partial charge in [0.1, 0.15) is 0 Å². The zero-order chi connectivity index (χ0) is 14.9. The number of amides is 1. The number of anilines is 1. The van der Waals surface area contributed by atoms with Crippen LogP contribution in [0.2, 0.25) is 0 Å². The molecular weight excluding hydrogens is 254 g/mol. The fourth-order valence-corrected chi connectivity index (χ4v) is 2.41. The van der Waals surface area contributed by atoms with Crippen LogP contribution in [0.25, 0.3) is 0 Å². The number of hydrogen-bond donors (Lipinski definition) is 1. The SMILES string of the molecule is Cc1cc(C)nc(N2N=C(C(C)C)C(CCN)C2=O)n1. The topological polar surface area (TPSA) is 84.5 Å². The highest BCUT2D eigenvalue weighted by Crippen LogP contribution is 2.26. The average Bonchev–Trinajstić information content (AvgIpc) is 2.67. The summed E-state index contributed by atoms with van der Waals surface area (Å²) in [6.07, 6.45) is 0.608. The van der Waals surface area contributed by atoms with Crippen molar-refractivity contribution in [2.75, 3.05) is 11.6 Å². The number of nitrogens with two attached hydrogens (primary N) is 1. The van der Waals surface area contributed by atoms with Gasteiger partial charge in [0.05, 0.1) is 11.6 Å². The van der Waals surface area contributed by atoms with E-state index in [-0.39, 0.29) is 17.7 Å². The molecule has 1 amide bonds. The Bertz CT molecular complexity index is 532. The molecule has 1 aromatic heterocycles. The van der Waals surface area contributed by atoms with E-state index in [4.69, 9.17) is 5.73 Å². The van der Waals surface area contributed by atoms with Gasteiger partial charge in [0, 0.05) is 11.4 Å². The highest BCUT2D eigenvalue weighted by Gasteiger charge is 2.38. The van der Waals surface area contributed by atoms with Crippen molar-refractivity contribution in [3.05, 3.63) is 17.5 Å². The summed E-state index contributed by atoms with van der Waals surface area (Å²) < 4.78 is 0. The van der Waals surface area contributed by atoms with Gasteiger partial charge in [-0.25, -0.2) is 9.97 Å². The fourth-order valence-electron chi connectivity index (χ4n) is 2.41.